The molecule has 0 heterocycles. The van der Waals surface area contributed by atoms with E-state index in [-0.39, 0.29) is 66.4 Å². The Bertz CT molecular complexity index is 562. The van der Waals surface area contributed by atoms with E-state index in [0.717, 1.165) is 0 Å². The quantitative estimate of drug-likeness (QED) is 0.0434. The normalized spacial score (nSPS) is 12.8. The lowest BCUT2D eigenvalue weighted by molar-refractivity contribution is -0.135. The maximum absolute atomic E-state index is 9.30. The van der Waals surface area contributed by atoms with Gasteiger partial charge in [-0.15, -0.1) is 23.5 Å². The van der Waals surface area contributed by atoms with Crippen molar-refractivity contribution in [3.05, 3.63) is 0 Å². The smallest absolute Gasteiger partial charge is 0.147 e. The first-order valence-corrected chi connectivity index (χ1v) is 13.8. The van der Waals surface area contributed by atoms with Crippen LogP contribution in [-0.2, 0) is 28.4 Å². The molecule has 2 atom stereocenters. The molecule has 0 aliphatic rings. The van der Waals surface area contributed by atoms with E-state index in [1.807, 2.05) is 0 Å². The predicted octanol–water partition coefficient (Wildman–Crippen LogP) is -1.79. The highest BCUT2D eigenvalue weighted by Crippen LogP contribution is 2.05. The number of aliphatic hydroxyl groups excluding tert-OH is 6. The Hall–Kier alpha value is -0.660. The highest BCUT2D eigenvalue weighted by atomic mass is 32.2. The molecule has 0 saturated carbocycles. The second-order valence-electron chi connectivity index (χ2n) is 7.04. The molecule has 12 nitrogen and oxygen atoms in total. The zero-order chi connectivity index (χ0) is 27.4. The second kappa shape index (κ2) is 28.4. The van der Waals surface area contributed by atoms with Gasteiger partial charge in [0.15, 0.2) is 0 Å². The molecule has 0 amide bonds. The molecule has 0 fully saturated rings. The average molecular weight is 573 g/mol. The van der Waals surface area contributed by atoms with Crippen molar-refractivity contribution >= 4 is 23.5 Å². The van der Waals surface area contributed by atoms with Crippen molar-refractivity contribution in [2.75, 3.05) is 89.8 Å². The summed E-state index contributed by atoms with van der Waals surface area (Å²) in [5.41, 5.74) is 0. The van der Waals surface area contributed by atoms with Crippen LogP contribution in [-0.4, -0.2) is 145 Å². The third-order valence-corrected chi connectivity index (χ3v) is 5.46. The molecule has 0 spiro atoms. The third-order valence-electron chi connectivity index (χ3n) is 4.15. The Kier molecular flexibility index (Phi) is 27.8. The number of hydrogen-bond donors (Lipinski definition) is 6. The van der Waals surface area contributed by atoms with Crippen LogP contribution in [0.15, 0.2) is 0 Å². The Balaban J connectivity index is 3.72. The van der Waals surface area contributed by atoms with Gasteiger partial charge in [-0.3, -0.25) is 0 Å². The first kappa shape index (κ1) is 36.3. The minimum absolute atomic E-state index is 0.117. The lowest BCUT2D eigenvalue weighted by Gasteiger charge is -2.17. The van der Waals surface area contributed by atoms with Gasteiger partial charge in [0.1, 0.15) is 38.0 Å². The molecule has 2 unspecified atom stereocenters. The highest BCUT2D eigenvalue weighted by molar-refractivity contribution is 7.99. The number of rotatable bonds is 24. The van der Waals surface area contributed by atoms with E-state index in [1.165, 1.54) is 23.5 Å². The van der Waals surface area contributed by atoms with E-state index < -0.39 is 24.4 Å². The van der Waals surface area contributed by atoms with Gasteiger partial charge in [-0.2, -0.15) is 0 Å². The Morgan fingerprint density at radius 2 is 0.865 bits per heavy atom. The Morgan fingerprint density at radius 3 is 1.22 bits per heavy atom. The summed E-state index contributed by atoms with van der Waals surface area (Å²) in [6, 6.07) is 0. The van der Waals surface area contributed by atoms with Crippen LogP contribution in [0.25, 0.3) is 0 Å². The summed E-state index contributed by atoms with van der Waals surface area (Å²) in [5.74, 6) is 13.6. The fourth-order valence-electron chi connectivity index (χ4n) is 2.03. The van der Waals surface area contributed by atoms with Crippen LogP contribution >= 0.6 is 23.5 Å². The monoisotopic (exact) mass is 572 g/mol. The Labute approximate surface area is 226 Å². The lowest BCUT2D eigenvalue weighted by atomic mass is 10.4. The molecule has 37 heavy (non-hydrogen) atoms. The van der Waals surface area contributed by atoms with E-state index in [0.29, 0.717) is 29.8 Å². The number of aliphatic hydroxyl groups is 6. The molecule has 0 radical (unpaired) electrons. The number of thioether (sulfide) groups is 2. The lowest BCUT2D eigenvalue weighted by Crippen LogP contribution is -2.27. The number of hydrogen-bond acceptors (Lipinski definition) is 14. The summed E-state index contributed by atoms with van der Waals surface area (Å²) >= 11 is 2.90. The molecule has 0 aromatic rings. The summed E-state index contributed by atoms with van der Waals surface area (Å²) in [6.07, 6.45) is -1.96. The summed E-state index contributed by atoms with van der Waals surface area (Å²) in [4.78, 5) is 0. The number of ether oxygens (including phenoxy) is 6. The standard InChI is InChI=1S/C23H40O12S2/c24-8-20(9-25)32-16-30-14-22(12-28)34-18-36-6-4-2-1-3-5-7-37-19-35-23(13-29)15-31-17-33-21(10-26)11-27/h20-29H,1,6-19H2. The fraction of sp³-hybridized carbons (Fsp3) is 0.826. The van der Waals surface area contributed by atoms with Crippen molar-refractivity contribution in [2.24, 2.45) is 0 Å². The van der Waals surface area contributed by atoms with Gasteiger partial charge in [-0.05, 0) is 0 Å². The topological polar surface area (TPSA) is 177 Å². The molecule has 0 bridgehead atoms. The molecule has 0 aromatic carbocycles. The summed E-state index contributed by atoms with van der Waals surface area (Å²) in [7, 11) is 0. The van der Waals surface area contributed by atoms with Crippen molar-refractivity contribution in [2.45, 2.75) is 30.8 Å². The molecule has 0 rings (SSSR count). The van der Waals surface area contributed by atoms with Gasteiger partial charge in [0, 0.05) is 0 Å². The van der Waals surface area contributed by atoms with E-state index in [1.54, 1.807) is 0 Å². The van der Waals surface area contributed by atoms with Gasteiger partial charge >= 0.3 is 0 Å². The van der Waals surface area contributed by atoms with E-state index in [9.17, 15) is 10.2 Å². The molecular weight excluding hydrogens is 532 g/mol. The molecule has 0 aliphatic heterocycles. The third kappa shape index (κ3) is 23.0. The zero-order valence-corrected chi connectivity index (χ0v) is 22.5. The average Bonchev–Trinajstić information content (AvgIpc) is 2.93. The fourth-order valence-corrected chi connectivity index (χ4v) is 3.18. The van der Waals surface area contributed by atoms with Crippen LogP contribution in [0.2, 0.25) is 0 Å². The van der Waals surface area contributed by atoms with Crippen molar-refractivity contribution in [3.63, 3.8) is 0 Å². The predicted molar refractivity (Wildman–Crippen MR) is 138 cm³/mol. The maximum Gasteiger partial charge on any atom is 0.147 e. The van der Waals surface area contributed by atoms with Crippen molar-refractivity contribution in [1.82, 2.24) is 0 Å². The highest BCUT2D eigenvalue weighted by Gasteiger charge is 2.11. The van der Waals surface area contributed by atoms with Crippen LogP contribution < -0.4 is 0 Å². The van der Waals surface area contributed by atoms with Crippen molar-refractivity contribution in [3.8, 4) is 23.7 Å². The first-order valence-electron chi connectivity index (χ1n) is 11.5. The van der Waals surface area contributed by atoms with Gasteiger partial charge in [0.05, 0.1) is 82.7 Å². The Morgan fingerprint density at radius 1 is 0.486 bits per heavy atom. The summed E-state index contributed by atoms with van der Waals surface area (Å²) in [5, 5.41) is 54.1. The zero-order valence-electron chi connectivity index (χ0n) is 20.9. The van der Waals surface area contributed by atoms with E-state index in [2.05, 4.69) is 23.7 Å². The van der Waals surface area contributed by atoms with E-state index >= 15 is 0 Å². The van der Waals surface area contributed by atoms with Crippen LogP contribution in [0.4, 0.5) is 0 Å². The van der Waals surface area contributed by atoms with Crippen molar-refractivity contribution < 1.29 is 59.1 Å². The van der Waals surface area contributed by atoms with Crippen LogP contribution in [0.1, 0.15) is 6.42 Å². The van der Waals surface area contributed by atoms with Gasteiger partial charge in [0.2, 0.25) is 0 Å². The molecule has 0 aliphatic carbocycles. The maximum atomic E-state index is 9.30. The van der Waals surface area contributed by atoms with Gasteiger partial charge in [-0.25, -0.2) is 0 Å². The molecule has 216 valence electrons. The molecule has 0 saturated heterocycles. The second-order valence-corrected chi connectivity index (χ2v) is 8.91. The van der Waals surface area contributed by atoms with Crippen LogP contribution in [0.3, 0.4) is 0 Å². The van der Waals surface area contributed by atoms with Crippen LogP contribution in [0, 0.1) is 23.7 Å². The summed E-state index contributed by atoms with van der Waals surface area (Å²) < 4.78 is 31.5. The largest absolute Gasteiger partial charge is 0.394 e. The molecular formula is C23H40O12S2. The van der Waals surface area contributed by atoms with Gasteiger partial charge < -0.3 is 59.1 Å². The molecule has 0 aromatic heterocycles. The van der Waals surface area contributed by atoms with Crippen molar-refractivity contribution in [1.29, 1.82) is 0 Å². The minimum Gasteiger partial charge on any atom is -0.394 e. The first-order chi connectivity index (χ1) is 18.1. The van der Waals surface area contributed by atoms with Gasteiger partial charge in [-0.1, -0.05) is 23.7 Å². The molecule has 6 N–H and O–H groups in total. The molecule has 14 heteroatoms. The summed E-state index contributed by atoms with van der Waals surface area (Å²) in [6.45, 7) is -1.66. The minimum atomic E-state index is -0.691. The van der Waals surface area contributed by atoms with Crippen LogP contribution in [0.5, 0.6) is 0 Å². The SMILES string of the molecule is OCC(CO)OCOCC(CO)OCSCC#CCC#CCSCOC(CO)COCOC(CO)CO. The van der Waals surface area contributed by atoms with E-state index in [4.69, 9.17) is 48.8 Å². The van der Waals surface area contributed by atoms with Gasteiger partial charge in [0.25, 0.3) is 0 Å².